The van der Waals surface area contributed by atoms with Crippen LogP contribution in [0.1, 0.15) is 56.8 Å². The molecule has 22 heavy (non-hydrogen) atoms. The van der Waals surface area contributed by atoms with E-state index in [1.165, 1.54) is 11.3 Å². The van der Waals surface area contributed by atoms with Crippen molar-refractivity contribution in [2.24, 2.45) is 11.3 Å². The molecule has 4 heteroatoms. The molecular weight excluding hydrogens is 312 g/mol. The Hall–Kier alpha value is -1.26. The zero-order valence-corrected chi connectivity index (χ0v) is 15.4. The standard InChI is InChI=1S/C18H22O2S2/c1-11(16(19)14-8-6-12(2)21-14)10-13-7-9-15(22-13)17(20)18(3,4)5/h6-9,11H,10H2,1-5H3. The molecule has 2 heterocycles. The van der Waals surface area contributed by atoms with Crippen molar-refractivity contribution in [3.05, 3.63) is 43.8 Å². The molecule has 0 aliphatic heterocycles. The normalized spacial score (nSPS) is 13.1. The molecule has 2 aromatic rings. The highest BCUT2D eigenvalue weighted by atomic mass is 32.1. The van der Waals surface area contributed by atoms with Gasteiger partial charge in [0.15, 0.2) is 11.6 Å². The first-order valence-corrected chi connectivity index (χ1v) is 9.06. The summed E-state index contributed by atoms with van der Waals surface area (Å²) < 4.78 is 0. The number of thiophene rings is 2. The van der Waals surface area contributed by atoms with Gasteiger partial charge in [0, 0.05) is 21.1 Å². The zero-order chi connectivity index (χ0) is 16.5. The van der Waals surface area contributed by atoms with Gasteiger partial charge in [-0.15, -0.1) is 22.7 Å². The zero-order valence-electron chi connectivity index (χ0n) is 13.7. The van der Waals surface area contributed by atoms with Crippen LogP contribution in [-0.4, -0.2) is 11.6 Å². The van der Waals surface area contributed by atoms with Gasteiger partial charge in [-0.05, 0) is 37.6 Å². The fourth-order valence-electron chi connectivity index (χ4n) is 2.18. The third-order valence-electron chi connectivity index (χ3n) is 3.50. The Morgan fingerprint density at radius 1 is 1.05 bits per heavy atom. The minimum absolute atomic E-state index is 0.0608. The largest absolute Gasteiger partial charge is 0.293 e. The molecule has 0 bridgehead atoms. The topological polar surface area (TPSA) is 34.1 Å². The van der Waals surface area contributed by atoms with E-state index in [1.54, 1.807) is 11.3 Å². The van der Waals surface area contributed by atoms with Crippen LogP contribution in [0, 0.1) is 18.3 Å². The van der Waals surface area contributed by atoms with Gasteiger partial charge in [0.2, 0.25) is 0 Å². The van der Waals surface area contributed by atoms with E-state index in [-0.39, 0.29) is 22.9 Å². The Bertz CT molecular complexity index is 686. The maximum absolute atomic E-state index is 12.4. The van der Waals surface area contributed by atoms with Crippen LogP contribution in [0.2, 0.25) is 0 Å². The van der Waals surface area contributed by atoms with Crippen molar-refractivity contribution in [3.8, 4) is 0 Å². The molecule has 0 spiro atoms. The van der Waals surface area contributed by atoms with Gasteiger partial charge in [0.25, 0.3) is 0 Å². The van der Waals surface area contributed by atoms with E-state index in [1.807, 2.05) is 58.9 Å². The second-order valence-corrected chi connectivity index (χ2v) is 9.18. The summed E-state index contributed by atoms with van der Waals surface area (Å²) in [4.78, 5) is 28.5. The van der Waals surface area contributed by atoms with Crippen molar-refractivity contribution in [2.75, 3.05) is 0 Å². The Morgan fingerprint density at radius 2 is 1.68 bits per heavy atom. The summed E-state index contributed by atoms with van der Waals surface area (Å²) in [5, 5.41) is 0. The molecule has 1 unspecified atom stereocenters. The summed E-state index contributed by atoms with van der Waals surface area (Å²) in [5.74, 6) is 0.293. The molecular formula is C18H22O2S2. The molecule has 0 N–H and O–H groups in total. The second kappa shape index (κ2) is 6.47. The first-order valence-electron chi connectivity index (χ1n) is 7.42. The number of carbonyl (C=O) groups is 2. The average Bonchev–Trinajstić information content (AvgIpc) is 3.05. The summed E-state index contributed by atoms with van der Waals surface area (Å²) in [7, 11) is 0. The minimum Gasteiger partial charge on any atom is -0.293 e. The number of rotatable bonds is 5. The summed E-state index contributed by atoms with van der Waals surface area (Å²) >= 11 is 3.06. The molecule has 0 aromatic carbocycles. The minimum atomic E-state index is -0.363. The highest BCUT2D eigenvalue weighted by molar-refractivity contribution is 7.14. The van der Waals surface area contributed by atoms with Crippen molar-refractivity contribution in [3.63, 3.8) is 0 Å². The van der Waals surface area contributed by atoms with E-state index in [9.17, 15) is 9.59 Å². The molecule has 118 valence electrons. The van der Waals surface area contributed by atoms with Gasteiger partial charge >= 0.3 is 0 Å². The van der Waals surface area contributed by atoms with Crippen LogP contribution in [0.5, 0.6) is 0 Å². The lowest BCUT2D eigenvalue weighted by atomic mass is 9.90. The van der Waals surface area contributed by atoms with E-state index in [0.717, 1.165) is 19.5 Å². The number of carbonyl (C=O) groups excluding carboxylic acids is 2. The molecule has 1 atom stereocenters. The van der Waals surface area contributed by atoms with Gasteiger partial charge in [-0.1, -0.05) is 27.7 Å². The summed E-state index contributed by atoms with van der Waals surface area (Å²) in [6.07, 6.45) is 0.692. The lowest BCUT2D eigenvalue weighted by Crippen LogP contribution is -2.18. The van der Waals surface area contributed by atoms with Crippen LogP contribution in [0.15, 0.2) is 24.3 Å². The SMILES string of the molecule is Cc1ccc(C(=O)C(C)Cc2ccc(C(=O)C(C)(C)C)s2)s1. The molecule has 2 nitrogen and oxygen atoms in total. The third kappa shape index (κ3) is 3.93. The van der Waals surface area contributed by atoms with Gasteiger partial charge < -0.3 is 0 Å². The summed E-state index contributed by atoms with van der Waals surface area (Å²) in [5.41, 5.74) is -0.363. The molecule has 0 radical (unpaired) electrons. The maximum atomic E-state index is 12.4. The van der Waals surface area contributed by atoms with Gasteiger partial charge in [0.05, 0.1) is 9.75 Å². The van der Waals surface area contributed by atoms with Crippen LogP contribution < -0.4 is 0 Å². The molecule has 0 amide bonds. The molecule has 2 rings (SSSR count). The van der Waals surface area contributed by atoms with Crippen molar-refractivity contribution in [2.45, 2.75) is 41.0 Å². The predicted octanol–water partition coefficient (Wildman–Crippen LogP) is 5.41. The van der Waals surface area contributed by atoms with Crippen LogP contribution in [0.25, 0.3) is 0 Å². The van der Waals surface area contributed by atoms with E-state index in [4.69, 9.17) is 0 Å². The van der Waals surface area contributed by atoms with Crippen LogP contribution in [-0.2, 0) is 6.42 Å². The van der Waals surface area contributed by atoms with Crippen LogP contribution in [0.3, 0.4) is 0 Å². The first kappa shape index (κ1) is 17.1. The molecule has 0 saturated heterocycles. The lowest BCUT2D eigenvalue weighted by molar-refractivity contribution is 0.0862. The molecule has 0 aliphatic rings. The molecule has 0 fully saturated rings. The van der Waals surface area contributed by atoms with Crippen molar-refractivity contribution in [1.82, 2.24) is 0 Å². The quantitative estimate of drug-likeness (QED) is 0.685. The summed E-state index contributed by atoms with van der Waals surface area (Å²) in [6, 6.07) is 7.75. The highest BCUT2D eigenvalue weighted by Crippen LogP contribution is 2.28. The Balaban J connectivity index is 2.07. The maximum Gasteiger partial charge on any atom is 0.178 e. The van der Waals surface area contributed by atoms with Crippen molar-refractivity contribution in [1.29, 1.82) is 0 Å². The van der Waals surface area contributed by atoms with E-state index in [0.29, 0.717) is 6.42 Å². The number of Topliss-reactive ketones (excluding diaryl/α,β-unsaturated/α-hetero) is 2. The number of aryl methyl sites for hydroxylation is 1. The third-order valence-corrected chi connectivity index (χ3v) is 5.63. The smallest absolute Gasteiger partial charge is 0.178 e. The Kier molecular flexibility index (Phi) is 5.03. The monoisotopic (exact) mass is 334 g/mol. The summed E-state index contributed by atoms with van der Waals surface area (Å²) in [6.45, 7) is 9.76. The number of hydrogen-bond acceptors (Lipinski definition) is 4. The van der Waals surface area contributed by atoms with Gasteiger partial charge in [-0.2, -0.15) is 0 Å². The van der Waals surface area contributed by atoms with E-state index >= 15 is 0 Å². The number of hydrogen-bond donors (Lipinski definition) is 0. The Morgan fingerprint density at radius 3 is 2.23 bits per heavy atom. The van der Waals surface area contributed by atoms with E-state index in [2.05, 4.69) is 0 Å². The molecule has 0 aliphatic carbocycles. The predicted molar refractivity (Wildman–Crippen MR) is 94.4 cm³/mol. The average molecular weight is 335 g/mol. The first-order chi connectivity index (χ1) is 10.2. The molecule has 0 saturated carbocycles. The van der Waals surface area contributed by atoms with Gasteiger partial charge in [-0.25, -0.2) is 0 Å². The highest BCUT2D eigenvalue weighted by Gasteiger charge is 2.25. The Labute approximate surface area is 140 Å². The fraction of sp³-hybridized carbons (Fsp3) is 0.444. The van der Waals surface area contributed by atoms with E-state index < -0.39 is 0 Å². The van der Waals surface area contributed by atoms with Gasteiger partial charge in [-0.3, -0.25) is 9.59 Å². The molecule has 2 aromatic heterocycles. The van der Waals surface area contributed by atoms with Crippen LogP contribution >= 0.6 is 22.7 Å². The van der Waals surface area contributed by atoms with Crippen molar-refractivity contribution < 1.29 is 9.59 Å². The fourth-order valence-corrected chi connectivity index (χ4v) is 4.39. The second-order valence-electron chi connectivity index (χ2n) is 6.72. The lowest BCUT2D eigenvalue weighted by Gasteiger charge is -2.14. The van der Waals surface area contributed by atoms with Gasteiger partial charge in [0.1, 0.15) is 0 Å². The van der Waals surface area contributed by atoms with Crippen molar-refractivity contribution >= 4 is 34.2 Å². The van der Waals surface area contributed by atoms with Crippen LogP contribution in [0.4, 0.5) is 0 Å². The number of ketones is 2.